The second-order valence-electron chi connectivity index (χ2n) is 18.8. The van der Waals surface area contributed by atoms with Gasteiger partial charge in [0.25, 0.3) is 11.8 Å². The Labute approximate surface area is 464 Å². The molecule has 78 heavy (non-hydrogen) atoms. The van der Waals surface area contributed by atoms with Crippen LogP contribution in [0.25, 0.3) is 0 Å². The summed E-state index contributed by atoms with van der Waals surface area (Å²) in [6.45, 7) is 8.53. The van der Waals surface area contributed by atoms with Crippen molar-refractivity contribution >= 4 is 24.1 Å². The van der Waals surface area contributed by atoms with Crippen LogP contribution in [0.3, 0.4) is 0 Å². The van der Waals surface area contributed by atoms with Crippen LogP contribution in [0.4, 0.5) is 27.2 Å². The molecule has 2 amide bonds. The minimum atomic E-state index is -3.81. The van der Waals surface area contributed by atoms with Gasteiger partial charge in [-0.3, -0.25) is 0 Å². The second kappa shape index (κ2) is 32.5. The number of carboxylic acid groups (broad SMARTS) is 1. The predicted molar refractivity (Wildman–Crippen MR) is 271 cm³/mol. The summed E-state index contributed by atoms with van der Waals surface area (Å²) in [6, 6.07) is 32.0. The van der Waals surface area contributed by atoms with Crippen molar-refractivity contribution in [3.8, 4) is 0 Å². The minimum Gasteiger partial charge on any atom is -0.870 e. The Balaban J connectivity index is 0.000000401. The first-order valence-electron chi connectivity index (χ1n) is 25.4. The van der Waals surface area contributed by atoms with E-state index >= 15 is 17.6 Å². The van der Waals surface area contributed by atoms with E-state index in [4.69, 9.17) is 33.2 Å². The molecule has 0 spiro atoms. The number of halogens is 4. The standard InChI is InChI=1S/C29H37F2NO7.C27H33F2NO7.Li.H2O/c1-4-23-19(3)25(37-17-20-12-8-6-9-13-20)24(33)26(39-23)29(30,31)16-22(27(34)36-5-2)32-28(35)38-18-21-14-10-7-11-15-21;1-3-21-17(2)23(35-15-18-10-6-4-7-11-18)22(31)24(37-21)27(28,29)14-20(25(32)33)30-26(34)36-16-19-12-8-5-9-13-19;;/h6-15,19,22-26,33H,4-5,16-18H2,1-3H3,(H,32,35);4-13,17,20-24,31H,3,14-16H2,1-2H3,(H,30,34)(H,32,33);;1H2/q;;+1;/p-1/t19-,22?,23+,24+,25-,26-;17-,20?,21+,22+,23-,24-;;/m00../s1. The zero-order chi connectivity index (χ0) is 55.4. The van der Waals surface area contributed by atoms with Crippen LogP contribution in [-0.2, 0) is 69.2 Å². The molecule has 0 bridgehead atoms. The van der Waals surface area contributed by atoms with E-state index in [1.807, 2.05) is 66.0 Å². The molecule has 2 unspecified atom stereocenters. The van der Waals surface area contributed by atoms with Gasteiger partial charge < -0.3 is 64.6 Å². The van der Waals surface area contributed by atoms with E-state index in [2.05, 4.69) is 5.32 Å². The number of aliphatic hydroxyl groups excluding tert-OH is 2. The molecule has 424 valence electrons. The average molecular weight is 1100 g/mol. The van der Waals surface area contributed by atoms with Crippen molar-refractivity contribution in [2.24, 2.45) is 11.8 Å². The van der Waals surface area contributed by atoms with Crippen LogP contribution in [-0.4, -0.2) is 124 Å². The van der Waals surface area contributed by atoms with E-state index in [1.54, 1.807) is 88.4 Å². The van der Waals surface area contributed by atoms with Crippen LogP contribution in [0.15, 0.2) is 121 Å². The number of benzene rings is 4. The molecule has 0 aliphatic carbocycles. The van der Waals surface area contributed by atoms with Gasteiger partial charge in [0, 0.05) is 24.7 Å². The molecule has 2 saturated heterocycles. The third-order valence-corrected chi connectivity index (χ3v) is 13.2. The predicted octanol–water partition coefficient (Wildman–Crippen LogP) is 5.61. The number of aliphatic hydroxyl groups is 2. The van der Waals surface area contributed by atoms with Crippen LogP contribution in [0.5, 0.6) is 0 Å². The number of amides is 2. The molecule has 4 aromatic rings. The van der Waals surface area contributed by atoms with Crippen molar-refractivity contribution in [1.82, 2.24) is 10.6 Å². The van der Waals surface area contributed by atoms with E-state index < -0.39 is 116 Å². The fourth-order valence-corrected chi connectivity index (χ4v) is 9.07. The Hall–Kier alpha value is -5.60. The Morgan fingerprint density at radius 3 is 1.19 bits per heavy atom. The van der Waals surface area contributed by atoms with Crippen molar-refractivity contribution < 1.29 is 110 Å². The van der Waals surface area contributed by atoms with Crippen molar-refractivity contribution in [2.75, 3.05) is 6.61 Å². The van der Waals surface area contributed by atoms with Crippen LogP contribution >= 0.6 is 0 Å². The zero-order valence-electron chi connectivity index (χ0n) is 44.6. The molecule has 4 aromatic carbocycles. The number of alkyl carbamates (subject to hydrolysis) is 2. The first kappa shape index (κ1) is 66.7. The van der Waals surface area contributed by atoms with Gasteiger partial charge in [-0.25, -0.2) is 36.7 Å². The van der Waals surface area contributed by atoms with Crippen molar-refractivity contribution in [3.63, 3.8) is 0 Å². The number of carbonyl (C=O) groups is 4. The maximum atomic E-state index is 15.7. The molecule has 6 rings (SSSR count). The first-order valence-corrected chi connectivity index (χ1v) is 25.4. The number of rotatable bonds is 23. The quantitative estimate of drug-likeness (QED) is 0.0262. The monoisotopic (exact) mass is 1090 g/mol. The molecule has 0 radical (unpaired) electrons. The van der Waals surface area contributed by atoms with Gasteiger partial charge in [-0.1, -0.05) is 149 Å². The average Bonchev–Trinajstić information content (AvgIpc) is 3.41. The van der Waals surface area contributed by atoms with E-state index in [0.29, 0.717) is 24.0 Å². The van der Waals surface area contributed by atoms with Gasteiger partial charge in [0.05, 0.1) is 44.2 Å². The molecule has 0 aromatic heterocycles. The number of aliphatic carboxylic acids is 1. The molecule has 2 aliphatic rings. The summed E-state index contributed by atoms with van der Waals surface area (Å²) in [4.78, 5) is 48.8. The van der Waals surface area contributed by atoms with Crippen LogP contribution < -0.4 is 29.5 Å². The number of carbonyl (C=O) groups excluding carboxylic acids is 3. The molecule has 0 saturated carbocycles. The van der Waals surface area contributed by atoms with Crippen molar-refractivity contribution in [3.05, 3.63) is 144 Å². The summed E-state index contributed by atoms with van der Waals surface area (Å²) in [5.74, 6) is -11.0. The number of ether oxygens (including phenoxy) is 7. The SMILES string of the molecule is CCOC(=O)C(CC(F)(F)[C@H]1O[C@H](CC)[C@H](C)[C@H](OCc2ccccc2)[C@H]1O)NC(=O)OCc1ccccc1.CC[C@H]1O[C@H](C(F)(F)CC(NC(=O)OCc2ccccc2)C(=O)O)[C@H](O)[C@@H](OCc2ccccc2)[C@H]1C.[Li+].[OH-]. The summed E-state index contributed by atoms with van der Waals surface area (Å²) in [5.41, 5.74) is 2.98. The number of hydrogen-bond donors (Lipinski definition) is 5. The Morgan fingerprint density at radius 2 is 0.872 bits per heavy atom. The number of hydrogen-bond acceptors (Lipinski definition) is 14. The van der Waals surface area contributed by atoms with Crippen LogP contribution in [0.2, 0.25) is 0 Å². The van der Waals surface area contributed by atoms with Gasteiger partial charge in [0.15, 0.2) is 0 Å². The molecule has 12 atom stereocenters. The zero-order valence-corrected chi connectivity index (χ0v) is 44.6. The topological polar surface area (TPSA) is 248 Å². The molecule has 17 nitrogen and oxygen atoms in total. The maximum absolute atomic E-state index is 15.7. The summed E-state index contributed by atoms with van der Waals surface area (Å²) < 4.78 is 100. The largest absolute Gasteiger partial charge is 1.00 e. The summed E-state index contributed by atoms with van der Waals surface area (Å²) in [5, 5.41) is 35.6. The number of alkyl halides is 4. The summed E-state index contributed by atoms with van der Waals surface area (Å²) in [7, 11) is 0. The Morgan fingerprint density at radius 1 is 0.551 bits per heavy atom. The molecule has 22 heteroatoms. The summed E-state index contributed by atoms with van der Waals surface area (Å²) >= 11 is 0. The third kappa shape index (κ3) is 19.6. The fourth-order valence-electron chi connectivity index (χ4n) is 9.07. The third-order valence-electron chi connectivity index (χ3n) is 13.2. The number of carboxylic acids is 1. The normalized spacial score (nSPS) is 23.7. The van der Waals surface area contributed by atoms with Crippen molar-refractivity contribution in [1.29, 1.82) is 0 Å². The van der Waals surface area contributed by atoms with E-state index in [1.165, 1.54) is 6.92 Å². The number of nitrogens with one attached hydrogen (secondary N) is 2. The van der Waals surface area contributed by atoms with Crippen LogP contribution in [0.1, 0.15) is 82.6 Å². The Bertz CT molecular complexity index is 2390. The van der Waals surface area contributed by atoms with Gasteiger partial charge in [0.2, 0.25) is 0 Å². The minimum absolute atomic E-state index is 0. The fraction of sp³-hybridized carbons (Fsp3) is 0.500. The van der Waals surface area contributed by atoms with Gasteiger partial charge in [-0.05, 0) is 42.0 Å². The molecular formula is C56H71F4LiN2O15. The van der Waals surface area contributed by atoms with Gasteiger partial charge in [-0.15, -0.1) is 0 Å². The molecule has 2 fully saturated rings. The smallest absolute Gasteiger partial charge is 0.870 e. The molecule has 2 aliphatic heterocycles. The van der Waals surface area contributed by atoms with Crippen molar-refractivity contribution in [2.45, 2.75) is 159 Å². The van der Waals surface area contributed by atoms with Gasteiger partial charge >= 0.3 is 43.0 Å². The maximum Gasteiger partial charge on any atom is 1.00 e. The van der Waals surface area contributed by atoms with Gasteiger partial charge in [0.1, 0.15) is 49.7 Å². The van der Waals surface area contributed by atoms with E-state index in [9.17, 15) is 34.5 Å². The van der Waals surface area contributed by atoms with E-state index in [-0.39, 0.29) is 63.3 Å². The Kier molecular flexibility index (Phi) is 27.8. The number of esters is 1. The summed E-state index contributed by atoms with van der Waals surface area (Å²) in [6.07, 6.45) is -14.5. The molecule has 2 heterocycles. The molecular weight excluding hydrogens is 1020 g/mol. The first-order chi connectivity index (χ1) is 36.3. The molecule has 6 N–H and O–H groups in total. The van der Waals surface area contributed by atoms with E-state index in [0.717, 1.165) is 11.1 Å². The van der Waals surface area contributed by atoms with Gasteiger partial charge in [-0.2, -0.15) is 0 Å². The second-order valence-corrected chi connectivity index (χ2v) is 18.8. The van der Waals surface area contributed by atoms with Crippen LogP contribution in [0, 0.1) is 11.8 Å².